The predicted molar refractivity (Wildman–Crippen MR) is 52.9 cm³/mol. The first kappa shape index (κ1) is 11.7. The van der Waals surface area contributed by atoms with Crippen LogP contribution in [0.3, 0.4) is 0 Å². The van der Waals surface area contributed by atoms with Crippen LogP contribution in [0.15, 0.2) is 24.3 Å². The summed E-state index contributed by atoms with van der Waals surface area (Å²) in [5, 5.41) is 8.70. The number of aliphatic carboxylic acids is 1. The summed E-state index contributed by atoms with van der Waals surface area (Å²) in [5.41, 5.74) is 0.372. The number of rotatable bonds is 5. The molecule has 1 N–H and O–H groups in total. The number of carbonyl (C=O) groups is 1. The van der Waals surface area contributed by atoms with Crippen LogP contribution in [0.1, 0.15) is 18.9 Å². The summed E-state index contributed by atoms with van der Waals surface area (Å²) >= 11 is 0. The highest BCUT2D eigenvalue weighted by Crippen LogP contribution is 2.10. The van der Waals surface area contributed by atoms with Crippen molar-refractivity contribution in [2.24, 2.45) is 0 Å². The summed E-state index contributed by atoms with van der Waals surface area (Å²) in [6.07, 6.45) is -0.506. The number of hydrogen-bond donors (Lipinski definition) is 1. The van der Waals surface area contributed by atoms with Crippen molar-refractivity contribution in [3.63, 3.8) is 0 Å². The molecule has 1 atom stereocenters. The number of carboxylic acids is 1. The van der Waals surface area contributed by atoms with Gasteiger partial charge in [-0.05, 0) is 12.5 Å². The molecule has 1 unspecified atom stereocenters. The topological polar surface area (TPSA) is 46.5 Å². The average Bonchev–Trinajstić information content (AvgIpc) is 2.21. The van der Waals surface area contributed by atoms with Crippen LogP contribution in [0.4, 0.5) is 4.39 Å². The molecule has 0 spiro atoms. The molecule has 0 fully saturated rings. The van der Waals surface area contributed by atoms with Gasteiger partial charge in [0.2, 0.25) is 0 Å². The van der Waals surface area contributed by atoms with Crippen molar-refractivity contribution in [2.45, 2.75) is 26.1 Å². The number of halogens is 1. The van der Waals surface area contributed by atoms with Crippen LogP contribution < -0.4 is 0 Å². The minimum atomic E-state index is -1.02. The van der Waals surface area contributed by atoms with Crippen LogP contribution in [-0.4, -0.2) is 17.2 Å². The maximum absolute atomic E-state index is 13.1. The van der Waals surface area contributed by atoms with E-state index < -0.39 is 12.1 Å². The van der Waals surface area contributed by atoms with Gasteiger partial charge in [-0.15, -0.1) is 0 Å². The highest BCUT2D eigenvalue weighted by molar-refractivity contribution is 5.72. The van der Waals surface area contributed by atoms with Crippen LogP contribution >= 0.6 is 0 Å². The van der Waals surface area contributed by atoms with Gasteiger partial charge in [-0.2, -0.15) is 0 Å². The molecule has 15 heavy (non-hydrogen) atoms. The van der Waals surface area contributed by atoms with E-state index in [0.29, 0.717) is 12.0 Å². The molecular formula is C11H13FO3. The molecule has 0 amide bonds. The van der Waals surface area contributed by atoms with E-state index in [9.17, 15) is 9.18 Å². The second-order valence-corrected chi connectivity index (χ2v) is 3.14. The van der Waals surface area contributed by atoms with E-state index in [4.69, 9.17) is 9.84 Å². The van der Waals surface area contributed by atoms with Crippen molar-refractivity contribution in [3.05, 3.63) is 35.6 Å². The fourth-order valence-corrected chi connectivity index (χ4v) is 1.17. The van der Waals surface area contributed by atoms with Crippen molar-refractivity contribution in [3.8, 4) is 0 Å². The van der Waals surface area contributed by atoms with E-state index in [-0.39, 0.29) is 12.4 Å². The minimum absolute atomic E-state index is 0.0164. The number of hydrogen-bond acceptors (Lipinski definition) is 2. The van der Waals surface area contributed by atoms with Gasteiger partial charge in [0.05, 0.1) is 6.61 Å². The summed E-state index contributed by atoms with van der Waals surface area (Å²) in [7, 11) is 0. The highest BCUT2D eigenvalue weighted by Gasteiger charge is 2.15. The minimum Gasteiger partial charge on any atom is -0.479 e. The van der Waals surface area contributed by atoms with E-state index in [0.717, 1.165) is 0 Å². The zero-order chi connectivity index (χ0) is 11.3. The number of ether oxygens (including phenoxy) is 1. The van der Waals surface area contributed by atoms with E-state index in [1.54, 1.807) is 25.1 Å². The fraction of sp³-hybridized carbons (Fsp3) is 0.364. The first-order valence-electron chi connectivity index (χ1n) is 4.73. The SMILES string of the molecule is CCC(OCc1ccccc1F)C(=O)O. The van der Waals surface area contributed by atoms with Crippen molar-refractivity contribution in [2.75, 3.05) is 0 Å². The van der Waals surface area contributed by atoms with Crippen LogP contribution in [0, 0.1) is 5.82 Å². The molecule has 0 saturated heterocycles. The smallest absolute Gasteiger partial charge is 0.332 e. The van der Waals surface area contributed by atoms with Gasteiger partial charge in [-0.3, -0.25) is 0 Å². The third-order valence-electron chi connectivity index (χ3n) is 2.04. The zero-order valence-electron chi connectivity index (χ0n) is 8.44. The lowest BCUT2D eigenvalue weighted by Gasteiger charge is -2.11. The largest absolute Gasteiger partial charge is 0.479 e. The van der Waals surface area contributed by atoms with Gasteiger partial charge in [0.1, 0.15) is 5.82 Å². The molecular weight excluding hydrogens is 199 g/mol. The predicted octanol–water partition coefficient (Wildman–Crippen LogP) is 2.21. The Hall–Kier alpha value is -1.42. The number of carboxylic acid groups (broad SMARTS) is 1. The van der Waals surface area contributed by atoms with E-state index in [1.807, 2.05) is 0 Å². The van der Waals surface area contributed by atoms with E-state index >= 15 is 0 Å². The average molecular weight is 212 g/mol. The van der Waals surface area contributed by atoms with Crippen molar-refractivity contribution in [1.29, 1.82) is 0 Å². The molecule has 1 rings (SSSR count). The first-order valence-corrected chi connectivity index (χ1v) is 4.73. The third-order valence-corrected chi connectivity index (χ3v) is 2.04. The van der Waals surface area contributed by atoms with Crippen LogP contribution in [0.25, 0.3) is 0 Å². The normalized spacial score (nSPS) is 12.4. The lowest BCUT2D eigenvalue weighted by Crippen LogP contribution is -2.22. The van der Waals surface area contributed by atoms with E-state index in [2.05, 4.69) is 0 Å². The van der Waals surface area contributed by atoms with Gasteiger partial charge in [0.25, 0.3) is 0 Å². The summed E-state index contributed by atoms with van der Waals surface area (Å²) in [6.45, 7) is 1.69. The molecule has 0 bridgehead atoms. The molecule has 1 aromatic rings. The molecule has 0 aliphatic heterocycles. The van der Waals surface area contributed by atoms with Crippen LogP contribution in [0.2, 0.25) is 0 Å². The lowest BCUT2D eigenvalue weighted by molar-refractivity contribution is -0.151. The van der Waals surface area contributed by atoms with Gasteiger partial charge in [0, 0.05) is 5.56 Å². The van der Waals surface area contributed by atoms with Crippen molar-refractivity contribution < 1.29 is 19.0 Å². The van der Waals surface area contributed by atoms with Gasteiger partial charge in [-0.1, -0.05) is 25.1 Å². The Bertz CT molecular complexity index is 338. The maximum atomic E-state index is 13.1. The molecule has 3 nitrogen and oxygen atoms in total. The molecule has 1 aromatic carbocycles. The second-order valence-electron chi connectivity index (χ2n) is 3.14. The Kier molecular flexibility index (Phi) is 4.24. The zero-order valence-corrected chi connectivity index (χ0v) is 8.44. The Morgan fingerprint density at radius 2 is 2.20 bits per heavy atom. The highest BCUT2D eigenvalue weighted by atomic mass is 19.1. The molecule has 0 aliphatic rings. The van der Waals surface area contributed by atoms with Gasteiger partial charge >= 0.3 is 5.97 Å². The Morgan fingerprint density at radius 3 is 2.73 bits per heavy atom. The second kappa shape index (κ2) is 5.46. The molecule has 0 aromatic heterocycles. The lowest BCUT2D eigenvalue weighted by atomic mass is 10.2. The molecule has 0 radical (unpaired) electrons. The summed E-state index contributed by atoms with van der Waals surface area (Å²) in [6, 6.07) is 6.15. The van der Waals surface area contributed by atoms with Crippen LogP contribution in [-0.2, 0) is 16.1 Å². The van der Waals surface area contributed by atoms with Gasteiger partial charge in [0.15, 0.2) is 6.10 Å². The number of benzene rings is 1. The van der Waals surface area contributed by atoms with Crippen molar-refractivity contribution >= 4 is 5.97 Å². The Balaban J connectivity index is 2.56. The molecule has 4 heteroatoms. The standard InChI is InChI=1S/C11H13FO3/c1-2-10(11(13)14)15-7-8-5-3-4-6-9(8)12/h3-6,10H,2,7H2,1H3,(H,13,14). The quantitative estimate of drug-likeness (QED) is 0.813. The Labute approximate surface area is 87.5 Å². The maximum Gasteiger partial charge on any atom is 0.332 e. The molecule has 0 aliphatic carbocycles. The van der Waals surface area contributed by atoms with Gasteiger partial charge in [-0.25, -0.2) is 9.18 Å². The van der Waals surface area contributed by atoms with E-state index in [1.165, 1.54) is 6.07 Å². The summed E-state index contributed by atoms with van der Waals surface area (Å²) in [4.78, 5) is 10.6. The monoisotopic (exact) mass is 212 g/mol. The Morgan fingerprint density at radius 1 is 1.53 bits per heavy atom. The first-order chi connectivity index (χ1) is 7.15. The molecule has 0 heterocycles. The molecule has 82 valence electrons. The third kappa shape index (κ3) is 3.32. The fourth-order valence-electron chi connectivity index (χ4n) is 1.17. The van der Waals surface area contributed by atoms with Gasteiger partial charge < -0.3 is 9.84 Å². The summed E-state index contributed by atoms with van der Waals surface area (Å²) < 4.78 is 18.2. The molecule has 0 saturated carbocycles. The van der Waals surface area contributed by atoms with Crippen molar-refractivity contribution in [1.82, 2.24) is 0 Å². The summed E-state index contributed by atoms with van der Waals surface area (Å²) in [5.74, 6) is -1.40. The van der Waals surface area contributed by atoms with Crippen LogP contribution in [0.5, 0.6) is 0 Å².